The van der Waals surface area contributed by atoms with Gasteiger partial charge in [-0.1, -0.05) is 48.5 Å². The summed E-state index contributed by atoms with van der Waals surface area (Å²) in [5.41, 5.74) is 2.78. The van der Waals surface area contributed by atoms with E-state index in [9.17, 15) is 19.6 Å². The van der Waals surface area contributed by atoms with Crippen LogP contribution in [0.2, 0.25) is 0 Å². The van der Waals surface area contributed by atoms with Crippen molar-refractivity contribution in [2.45, 2.75) is 38.1 Å². The van der Waals surface area contributed by atoms with Gasteiger partial charge in [0.25, 0.3) is 11.8 Å². The summed E-state index contributed by atoms with van der Waals surface area (Å²) in [6, 6.07) is 19.1. The van der Waals surface area contributed by atoms with Gasteiger partial charge in [0.05, 0.1) is 5.56 Å². The van der Waals surface area contributed by atoms with Gasteiger partial charge in [0, 0.05) is 16.9 Å². The van der Waals surface area contributed by atoms with Crippen LogP contribution in [0.5, 0.6) is 0 Å². The Balaban J connectivity index is 1.41. The topological polar surface area (TPSA) is 108 Å². The van der Waals surface area contributed by atoms with E-state index in [2.05, 4.69) is 16.7 Å². The van der Waals surface area contributed by atoms with Crippen LogP contribution in [0, 0.1) is 11.3 Å². The number of amides is 2. The Labute approximate surface area is 207 Å². The highest BCUT2D eigenvalue weighted by atomic mass is 32.1. The molecular formula is C27H25N3O4S. The van der Waals surface area contributed by atoms with Crippen molar-refractivity contribution in [1.29, 1.82) is 5.26 Å². The first-order chi connectivity index (χ1) is 17.0. The molecule has 1 aromatic heterocycles. The Morgan fingerprint density at radius 1 is 1.00 bits per heavy atom. The number of anilines is 1. The van der Waals surface area contributed by atoms with Crippen LogP contribution in [0.1, 0.15) is 44.8 Å². The number of carbonyl (C=O) groups excluding carboxylic acids is 3. The van der Waals surface area contributed by atoms with Crippen molar-refractivity contribution in [3.05, 3.63) is 87.8 Å². The molecule has 0 spiro atoms. The van der Waals surface area contributed by atoms with Gasteiger partial charge in [-0.25, -0.2) is 4.79 Å². The lowest BCUT2D eigenvalue weighted by molar-refractivity contribution is -0.149. The third-order valence-corrected chi connectivity index (χ3v) is 7.00. The molecular weight excluding hydrogens is 462 g/mol. The SMILES string of the molecule is N#Cc1c(NC(=O)COC(=O)C(Cc2ccccc2)NC(=O)c2ccccc2)sc2c1CCCC2. The van der Waals surface area contributed by atoms with Crippen molar-refractivity contribution >= 4 is 34.1 Å². The molecule has 8 heteroatoms. The van der Waals surface area contributed by atoms with Gasteiger partial charge in [-0.05, 0) is 48.9 Å². The van der Waals surface area contributed by atoms with E-state index < -0.39 is 30.4 Å². The molecule has 7 nitrogen and oxygen atoms in total. The second-order valence-electron chi connectivity index (χ2n) is 8.26. The van der Waals surface area contributed by atoms with Crippen molar-refractivity contribution in [1.82, 2.24) is 5.32 Å². The smallest absolute Gasteiger partial charge is 0.329 e. The van der Waals surface area contributed by atoms with E-state index in [4.69, 9.17) is 4.74 Å². The summed E-state index contributed by atoms with van der Waals surface area (Å²) >= 11 is 1.41. The van der Waals surface area contributed by atoms with Crippen LogP contribution >= 0.6 is 11.3 Å². The highest BCUT2D eigenvalue weighted by molar-refractivity contribution is 7.16. The molecule has 2 amide bonds. The number of fused-ring (bicyclic) bond motifs is 1. The van der Waals surface area contributed by atoms with Gasteiger partial charge in [-0.3, -0.25) is 9.59 Å². The monoisotopic (exact) mass is 487 g/mol. The molecule has 178 valence electrons. The molecule has 1 aliphatic rings. The number of nitrogens with zero attached hydrogens (tertiary/aromatic N) is 1. The summed E-state index contributed by atoms with van der Waals surface area (Å²) in [7, 11) is 0. The molecule has 4 rings (SSSR count). The second kappa shape index (κ2) is 11.4. The molecule has 0 radical (unpaired) electrons. The van der Waals surface area contributed by atoms with E-state index >= 15 is 0 Å². The summed E-state index contributed by atoms with van der Waals surface area (Å²) in [5.74, 6) is -1.64. The van der Waals surface area contributed by atoms with Crippen molar-refractivity contribution in [3.8, 4) is 6.07 Å². The van der Waals surface area contributed by atoms with Gasteiger partial charge in [-0.15, -0.1) is 11.3 Å². The van der Waals surface area contributed by atoms with E-state index in [-0.39, 0.29) is 6.42 Å². The van der Waals surface area contributed by atoms with E-state index in [1.807, 2.05) is 30.3 Å². The fourth-order valence-electron chi connectivity index (χ4n) is 4.05. The zero-order valence-electron chi connectivity index (χ0n) is 19.1. The third-order valence-electron chi connectivity index (χ3n) is 5.79. The van der Waals surface area contributed by atoms with Gasteiger partial charge in [0.1, 0.15) is 17.1 Å². The Kier molecular flexibility index (Phi) is 7.91. The summed E-state index contributed by atoms with van der Waals surface area (Å²) in [6.45, 7) is -0.515. The number of esters is 1. The van der Waals surface area contributed by atoms with Crippen LogP contribution in [0.3, 0.4) is 0 Å². The fraction of sp³-hybridized carbons (Fsp3) is 0.259. The van der Waals surface area contributed by atoms with Gasteiger partial charge < -0.3 is 15.4 Å². The van der Waals surface area contributed by atoms with Crippen molar-refractivity contribution in [2.24, 2.45) is 0 Å². The molecule has 0 saturated carbocycles. The van der Waals surface area contributed by atoms with Crippen molar-refractivity contribution in [2.75, 3.05) is 11.9 Å². The molecule has 35 heavy (non-hydrogen) atoms. The maximum atomic E-state index is 12.9. The van der Waals surface area contributed by atoms with Crippen molar-refractivity contribution < 1.29 is 19.1 Å². The predicted molar refractivity (Wildman–Crippen MR) is 133 cm³/mol. The molecule has 0 bridgehead atoms. The fourth-order valence-corrected chi connectivity index (χ4v) is 5.30. The van der Waals surface area contributed by atoms with Gasteiger partial charge in [0.15, 0.2) is 6.61 Å². The van der Waals surface area contributed by atoms with Crippen LogP contribution in [0.4, 0.5) is 5.00 Å². The number of nitriles is 1. The molecule has 3 aromatic rings. The lowest BCUT2D eigenvalue weighted by atomic mass is 9.96. The molecule has 0 fully saturated rings. The molecule has 2 aromatic carbocycles. The average Bonchev–Trinajstić information content (AvgIpc) is 3.24. The molecule has 1 unspecified atom stereocenters. The first-order valence-electron chi connectivity index (χ1n) is 11.5. The highest BCUT2D eigenvalue weighted by Gasteiger charge is 2.25. The molecule has 1 heterocycles. The standard InChI is InChI=1S/C27H25N3O4S/c28-16-21-20-13-7-8-14-23(20)35-26(21)30-24(31)17-34-27(33)22(15-18-9-3-1-4-10-18)29-25(32)19-11-5-2-6-12-19/h1-6,9-12,22H,7-8,13-15,17H2,(H,29,32)(H,30,31). The largest absolute Gasteiger partial charge is 0.454 e. The van der Waals surface area contributed by atoms with E-state index in [0.29, 0.717) is 16.1 Å². The zero-order chi connectivity index (χ0) is 24.6. The number of nitrogens with one attached hydrogen (secondary N) is 2. The van der Waals surface area contributed by atoms with Crippen LogP contribution in [-0.2, 0) is 33.6 Å². The normalized spacial score (nSPS) is 13.1. The number of thiophene rings is 1. The first kappa shape index (κ1) is 24.2. The summed E-state index contributed by atoms with van der Waals surface area (Å²) < 4.78 is 5.28. The third kappa shape index (κ3) is 6.14. The first-order valence-corrected chi connectivity index (χ1v) is 12.3. The van der Waals surface area contributed by atoms with Crippen LogP contribution in [-0.4, -0.2) is 30.4 Å². The summed E-state index contributed by atoms with van der Waals surface area (Å²) in [6.07, 6.45) is 4.06. The molecule has 1 aliphatic carbocycles. The van der Waals surface area contributed by atoms with Gasteiger partial charge in [-0.2, -0.15) is 5.26 Å². The average molecular weight is 488 g/mol. The number of hydrogen-bond acceptors (Lipinski definition) is 6. The van der Waals surface area contributed by atoms with Crippen LogP contribution < -0.4 is 10.6 Å². The Morgan fingerprint density at radius 2 is 1.69 bits per heavy atom. The van der Waals surface area contributed by atoms with Gasteiger partial charge in [0.2, 0.25) is 0 Å². The van der Waals surface area contributed by atoms with Crippen LogP contribution in [0.15, 0.2) is 60.7 Å². The summed E-state index contributed by atoms with van der Waals surface area (Å²) in [4.78, 5) is 39.2. The van der Waals surface area contributed by atoms with Crippen LogP contribution in [0.25, 0.3) is 0 Å². The van der Waals surface area contributed by atoms with Gasteiger partial charge >= 0.3 is 5.97 Å². The Morgan fingerprint density at radius 3 is 2.40 bits per heavy atom. The highest BCUT2D eigenvalue weighted by Crippen LogP contribution is 2.37. The predicted octanol–water partition coefficient (Wildman–Crippen LogP) is 4.02. The maximum absolute atomic E-state index is 12.9. The number of aryl methyl sites for hydroxylation is 1. The van der Waals surface area contributed by atoms with E-state index in [1.165, 1.54) is 11.3 Å². The molecule has 0 saturated heterocycles. The number of hydrogen-bond donors (Lipinski definition) is 2. The lowest BCUT2D eigenvalue weighted by Gasteiger charge is -2.18. The number of carbonyl (C=O) groups is 3. The molecule has 1 atom stereocenters. The zero-order valence-corrected chi connectivity index (χ0v) is 19.9. The van der Waals surface area contributed by atoms with E-state index in [1.54, 1.807) is 30.3 Å². The number of benzene rings is 2. The molecule has 0 aliphatic heterocycles. The summed E-state index contributed by atoms with van der Waals surface area (Å²) in [5, 5.41) is 15.5. The lowest BCUT2D eigenvalue weighted by Crippen LogP contribution is -2.44. The minimum atomic E-state index is -0.971. The number of rotatable bonds is 8. The second-order valence-corrected chi connectivity index (χ2v) is 9.37. The maximum Gasteiger partial charge on any atom is 0.329 e. The number of ether oxygens (including phenoxy) is 1. The Hall–Kier alpha value is -3.96. The minimum absolute atomic E-state index is 0.218. The van der Waals surface area contributed by atoms with Crippen molar-refractivity contribution in [3.63, 3.8) is 0 Å². The molecule has 2 N–H and O–H groups in total. The quantitative estimate of drug-likeness (QED) is 0.467. The minimum Gasteiger partial charge on any atom is -0.454 e. The van der Waals surface area contributed by atoms with E-state index in [0.717, 1.165) is 41.7 Å². The Bertz CT molecular complexity index is 1250.